The molecular formula is C18H22O. The van der Waals surface area contributed by atoms with Gasteiger partial charge in [-0.15, -0.1) is 0 Å². The minimum absolute atomic E-state index is 0.381. The van der Waals surface area contributed by atoms with Gasteiger partial charge < -0.3 is 0 Å². The third-order valence-electron chi connectivity index (χ3n) is 5.67. The second kappa shape index (κ2) is 4.47. The van der Waals surface area contributed by atoms with Gasteiger partial charge in [-0.25, -0.2) is 0 Å². The van der Waals surface area contributed by atoms with Crippen LogP contribution in [0.5, 0.6) is 0 Å². The molecule has 0 spiro atoms. The first kappa shape index (κ1) is 11.7. The fourth-order valence-electron chi connectivity index (χ4n) is 4.61. The quantitative estimate of drug-likeness (QED) is 0.776. The number of benzene rings is 1. The molecule has 19 heavy (non-hydrogen) atoms. The van der Waals surface area contributed by atoms with Gasteiger partial charge in [0.25, 0.3) is 0 Å². The van der Waals surface area contributed by atoms with Gasteiger partial charge in [0.2, 0.25) is 0 Å². The molecule has 1 aromatic rings. The molecule has 3 atom stereocenters. The highest BCUT2D eigenvalue weighted by molar-refractivity contribution is 5.88. The molecule has 0 aliphatic heterocycles. The van der Waals surface area contributed by atoms with Gasteiger partial charge in [-0.05, 0) is 48.6 Å². The van der Waals surface area contributed by atoms with Crippen LogP contribution in [-0.4, -0.2) is 5.78 Å². The summed E-state index contributed by atoms with van der Waals surface area (Å²) >= 11 is 0. The Bertz CT molecular complexity index is 498. The van der Waals surface area contributed by atoms with Crippen molar-refractivity contribution in [2.45, 2.75) is 50.9 Å². The average Bonchev–Trinajstić information content (AvgIpc) is 3.22. The van der Waals surface area contributed by atoms with Gasteiger partial charge in [0.1, 0.15) is 5.78 Å². The molecule has 0 bridgehead atoms. The van der Waals surface area contributed by atoms with Gasteiger partial charge in [-0.3, -0.25) is 4.79 Å². The summed E-state index contributed by atoms with van der Waals surface area (Å²) in [5.74, 6) is 2.67. The van der Waals surface area contributed by atoms with E-state index in [1.54, 1.807) is 0 Å². The molecule has 0 radical (unpaired) electrons. The third-order valence-corrected chi connectivity index (χ3v) is 5.67. The van der Waals surface area contributed by atoms with Crippen molar-refractivity contribution in [3.05, 3.63) is 35.4 Å². The fourth-order valence-corrected chi connectivity index (χ4v) is 4.61. The van der Waals surface area contributed by atoms with E-state index in [0.717, 1.165) is 12.8 Å². The van der Waals surface area contributed by atoms with E-state index in [1.807, 2.05) is 0 Å². The van der Waals surface area contributed by atoms with Crippen LogP contribution in [0.25, 0.3) is 0 Å². The first-order chi connectivity index (χ1) is 9.36. The average molecular weight is 254 g/mol. The molecular weight excluding hydrogens is 232 g/mol. The Morgan fingerprint density at radius 3 is 2.63 bits per heavy atom. The van der Waals surface area contributed by atoms with Crippen molar-refractivity contribution in [3.8, 4) is 0 Å². The summed E-state index contributed by atoms with van der Waals surface area (Å²) in [6, 6.07) is 8.80. The predicted molar refractivity (Wildman–Crippen MR) is 76.1 cm³/mol. The number of hydrogen-bond acceptors (Lipinski definition) is 1. The standard InChI is InChI=1S/C18H22O/c19-18(13-7-2-1-3-8-13)17-15-11-10-12-6-4-5-9-14(12)16(15)17/h4-6,9,13,15-17H,1-3,7-8,10-11H2. The number of ketones is 1. The number of hydrogen-bond donors (Lipinski definition) is 0. The van der Waals surface area contributed by atoms with Crippen LogP contribution in [0.4, 0.5) is 0 Å². The van der Waals surface area contributed by atoms with Crippen LogP contribution in [0.2, 0.25) is 0 Å². The van der Waals surface area contributed by atoms with Crippen molar-refractivity contribution in [1.29, 1.82) is 0 Å². The van der Waals surface area contributed by atoms with Crippen molar-refractivity contribution < 1.29 is 4.79 Å². The number of Topliss-reactive ketones (excluding diaryl/α,β-unsaturated/α-hetero) is 1. The lowest BCUT2D eigenvalue weighted by molar-refractivity contribution is -0.125. The van der Waals surface area contributed by atoms with E-state index in [4.69, 9.17) is 0 Å². The fraction of sp³-hybridized carbons (Fsp3) is 0.611. The Morgan fingerprint density at radius 1 is 1.00 bits per heavy atom. The Morgan fingerprint density at radius 2 is 1.79 bits per heavy atom. The van der Waals surface area contributed by atoms with Crippen LogP contribution in [0.1, 0.15) is 55.6 Å². The maximum atomic E-state index is 12.7. The van der Waals surface area contributed by atoms with E-state index >= 15 is 0 Å². The molecule has 1 aromatic carbocycles. The van der Waals surface area contributed by atoms with Gasteiger partial charge in [0, 0.05) is 11.8 Å². The van der Waals surface area contributed by atoms with Crippen molar-refractivity contribution in [2.75, 3.05) is 0 Å². The first-order valence-corrected chi connectivity index (χ1v) is 7.98. The molecule has 0 aromatic heterocycles. The van der Waals surface area contributed by atoms with Crippen LogP contribution in [0, 0.1) is 17.8 Å². The van der Waals surface area contributed by atoms with Gasteiger partial charge in [-0.1, -0.05) is 43.5 Å². The lowest BCUT2D eigenvalue weighted by Gasteiger charge is -2.20. The van der Waals surface area contributed by atoms with Gasteiger partial charge in [-0.2, -0.15) is 0 Å². The number of carbonyl (C=O) groups excluding carboxylic acids is 1. The van der Waals surface area contributed by atoms with E-state index in [-0.39, 0.29) is 0 Å². The minimum atomic E-state index is 0.381. The second-order valence-corrected chi connectivity index (χ2v) is 6.69. The maximum absolute atomic E-state index is 12.7. The van der Waals surface area contributed by atoms with Crippen LogP contribution < -0.4 is 0 Å². The largest absolute Gasteiger partial charge is 0.299 e. The molecule has 1 nitrogen and oxygen atoms in total. The summed E-state index contributed by atoms with van der Waals surface area (Å²) in [7, 11) is 0. The zero-order valence-electron chi connectivity index (χ0n) is 11.5. The van der Waals surface area contributed by atoms with Gasteiger partial charge in [0.15, 0.2) is 0 Å². The summed E-state index contributed by atoms with van der Waals surface area (Å²) in [5, 5.41) is 0. The van der Waals surface area contributed by atoms with Crippen molar-refractivity contribution in [2.24, 2.45) is 17.8 Å². The zero-order valence-corrected chi connectivity index (χ0v) is 11.5. The van der Waals surface area contributed by atoms with E-state index in [9.17, 15) is 4.79 Å². The van der Waals surface area contributed by atoms with Crippen molar-refractivity contribution in [1.82, 2.24) is 0 Å². The molecule has 1 heteroatoms. The van der Waals surface area contributed by atoms with Gasteiger partial charge >= 0.3 is 0 Å². The highest BCUT2D eigenvalue weighted by Gasteiger charge is 2.57. The van der Waals surface area contributed by atoms with Crippen LogP contribution in [0.15, 0.2) is 24.3 Å². The highest BCUT2D eigenvalue weighted by atomic mass is 16.1. The number of aryl methyl sites for hydroxylation is 1. The number of fused-ring (bicyclic) bond motifs is 3. The lowest BCUT2D eigenvalue weighted by Crippen LogP contribution is -2.20. The Kier molecular flexibility index (Phi) is 2.75. The molecule has 2 fully saturated rings. The topological polar surface area (TPSA) is 17.1 Å². The smallest absolute Gasteiger partial charge is 0.139 e. The maximum Gasteiger partial charge on any atom is 0.139 e. The van der Waals surface area contributed by atoms with E-state index in [1.165, 1.54) is 43.2 Å². The Balaban J connectivity index is 1.55. The SMILES string of the molecule is O=C(C1CCCCC1)C1C2CCc3ccccc3C21. The van der Waals surface area contributed by atoms with E-state index in [0.29, 0.717) is 29.5 Å². The third kappa shape index (κ3) is 1.86. The molecule has 0 heterocycles. The molecule has 3 unspecified atom stereocenters. The number of carbonyl (C=O) groups is 1. The molecule has 4 rings (SSSR count). The normalized spacial score (nSPS) is 33.4. The number of rotatable bonds is 2. The predicted octanol–water partition coefficient (Wildman–Crippen LogP) is 4.11. The molecule has 0 amide bonds. The molecule has 100 valence electrons. The first-order valence-electron chi connectivity index (χ1n) is 7.98. The molecule has 3 aliphatic rings. The summed E-state index contributed by atoms with van der Waals surface area (Å²) in [6.07, 6.45) is 8.64. The Hall–Kier alpha value is -1.11. The monoisotopic (exact) mass is 254 g/mol. The summed E-state index contributed by atoms with van der Waals surface area (Å²) in [4.78, 5) is 12.7. The summed E-state index contributed by atoms with van der Waals surface area (Å²) in [6.45, 7) is 0. The van der Waals surface area contributed by atoms with Crippen LogP contribution in [-0.2, 0) is 11.2 Å². The highest BCUT2D eigenvalue weighted by Crippen LogP contribution is 2.61. The summed E-state index contributed by atoms with van der Waals surface area (Å²) < 4.78 is 0. The lowest BCUT2D eigenvalue weighted by atomic mass is 9.84. The van der Waals surface area contributed by atoms with Gasteiger partial charge in [0.05, 0.1) is 0 Å². The molecule has 2 saturated carbocycles. The molecule has 3 aliphatic carbocycles. The Labute approximate surface area is 115 Å². The van der Waals surface area contributed by atoms with Crippen molar-refractivity contribution >= 4 is 5.78 Å². The van der Waals surface area contributed by atoms with Crippen LogP contribution in [0.3, 0.4) is 0 Å². The van der Waals surface area contributed by atoms with Crippen LogP contribution >= 0.6 is 0 Å². The summed E-state index contributed by atoms with van der Waals surface area (Å²) in [5.41, 5.74) is 3.00. The molecule has 0 N–H and O–H groups in total. The second-order valence-electron chi connectivity index (χ2n) is 6.69. The zero-order chi connectivity index (χ0) is 12.8. The van der Waals surface area contributed by atoms with E-state index in [2.05, 4.69) is 24.3 Å². The van der Waals surface area contributed by atoms with Crippen molar-refractivity contribution in [3.63, 3.8) is 0 Å². The minimum Gasteiger partial charge on any atom is -0.299 e. The van der Waals surface area contributed by atoms with E-state index < -0.39 is 0 Å². The molecule has 0 saturated heterocycles.